The average molecular weight is 377 g/mol. The van der Waals surface area contributed by atoms with E-state index >= 15 is 0 Å². The molecule has 0 bridgehead atoms. The molecule has 0 spiro atoms. The fourth-order valence-electron chi connectivity index (χ4n) is 2.02. The number of methoxy groups -OCH3 is 1. The van der Waals surface area contributed by atoms with Crippen molar-refractivity contribution in [2.75, 3.05) is 20.2 Å². The molecule has 0 aliphatic carbocycles. The van der Waals surface area contributed by atoms with E-state index in [1.165, 1.54) is 11.3 Å². The summed E-state index contributed by atoms with van der Waals surface area (Å²) in [5.74, 6) is -2.88. The highest BCUT2D eigenvalue weighted by atomic mass is 35.5. The first-order valence-corrected chi connectivity index (χ1v) is 7.79. The lowest BCUT2D eigenvalue weighted by molar-refractivity contribution is 0.0119. The van der Waals surface area contributed by atoms with Gasteiger partial charge in [-0.3, -0.25) is 4.79 Å². The summed E-state index contributed by atoms with van der Waals surface area (Å²) in [5, 5.41) is 2.22. The lowest BCUT2D eigenvalue weighted by Gasteiger charge is -2.13. The number of hydrogen-bond acceptors (Lipinski definition) is 4. The van der Waals surface area contributed by atoms with E-state index in [-0.39, 0.29) is 12.4 Å². The van der Waals surface area contributed by atoms with Crippen LogP contribution in [0.25, 0.3) is 11.1 Å². The van der Waals surface area contributed by atoms with Crippen LogP contribution in [-0.4, -0.2) is 32.0 Å². The lowest BCUT2D eigenvalue weighted by atomic mass is 10.1. The zero-order chi connectivity index (χ0) is 17.0. The number of hydrogen-bond donors (Lipinski definition) is 2. The number of benzene rings is 1. The van der Waals surface area contributed by atoms with Gasteiger partial charge < -0.3 is 15.8 Å². The minimum absolute atomic E-state index is 0. The number of nitrogens with two attached hydrogens (primary N) is 1. The molecule has 0 atom stereocenters. The maximum Gasteiger partial charge on any atom is 0.277 e. The second-order valence-electron chi connectivity index (χ2n) is 5.05. The molecule has 0 unspecified atom stereocenters. The molecule has 0 aliphatic rings. The first-order chi connectivity index (χ1) is 10.9. The summed E-state index contributed by atoms with van der Waals surface area (Å²) in [4.78, 5) is 13.3. The molecule has 1 aromatic carbocycles. The van der Waals surface area contributed by atoms with Crippen LogP contribution in [0.2, 0.25) is 0 Å². The van der Waals surface area contributed by atoms with Crippen molar-refractivity contribution in [2.45, 2.75) is 12.8 Å². The van der Waals surface area contributed by atoms with Gasteiger partial charge in [0.15, 0.2) is 0 Å². The summed E-state index contributed by atoms with van der Waals surface area (Å²) in [7, 11) is 1.59. The summed E-state index contributed by atoms with van der Waals surface area (Å²) in [6, 6.07) is 9.13. The smallest absolute Gasteiger partial charge is 0.277 e. The highest BCUT2D eigenvalue weighted by Crippen LogP contribution is 2.32. The highest BCUT2D eigenvalue weighted by molar-refractivity contribution is 7.14. The SMILES string of the molecule is COc1ccc(-c2cc(C(=O)NCC(F)(F)CN)sc2C)cc1.Cl. The van der Waals surface area contributed by atoms with Crippen molar-refractivity contribution < 1.29 is 18.3 Å². The number of rotatable bonds is 6. The van der Waals surface area contributed by atoms with Gasteiger partial charge in [0.1, 0.15) is 5.75 Å². The molecule has 1 amide bonds. The Balaban J connectivity index is 0.00000288. The zero-order valence-electron chi connectivity index (χ0n) is 13.3. The maximum atomic E-state index is 13.1. The first-order valence-electron chi connectivity index (χ1n) is 6.97. The van der Waals surface area contributed by atoms with Crippen molar-refractivity contribution in [3.8, 4) is 16.9 Å². The summed E-state index contributed by atoms with van der Waals surface area (Å²) >= 11 is 1.27. The number of halogens is 3. The van der Waals surface area contributed by atoms with Crippen molar-refractivity contribution in [1.82, 2.24) is 5.32 Å². The summed E-state index contributed by atoms with van der Waals surface area (Å²) in [5.41, 5.74) is 6.78. The molecule has 0 fully saturated rings. The molecule has 1 aromatic heterocycles. The number of ether oxygens (including phenoxy) is 1. The fourth-order valence-corrected chi connectivity index (χ4v) is 2.98. The van der Waals surface area contributed by atoms with Gasteiger partial charge in [0.25, 0.3) is 11.8 Å². The summed E-state index contributed by atoms with van der Waals surface area (Å²) < 4.78 is 31.3. The number of carbonyl (C=O) groups is 1. The Morgan fingerprint density at radius 2 is 1.96 bits per heavy atom. The largest absolute Gasteiger partial charge is 0.497 e. The molecule has 0 saturated carbocycles. The molecule has 0 saturated heterocycles. The Morgan fingerprint density at radius 3 is 2.50 bits per heavy atom. The van der Waals surface area contributed by atoms with Gasteiger partial charge in [0, 0.05) is 4.88 Å². The van der Waals surface area contributed by atoms with Gasteiger partial charge in [-0.15, -0.1) is 23.7 Å². The van der Waals surface area contributed by atoms with E-state index in [4.69, 9.17) is 10.5 Å². The molecule has 8 heteroatoms. The van der Waals surface area contributed by atoms with Gasteiger partial charge in [-0.05, 0) is 36.2 Å². The van der Waals surface area contributed by atoms with Gasteiger partial charge in [-0.1, -0.05) is 12.1 Å². The van der Waals surface area contributed by atoms with Crippen LogP contribution in [0, 0.1) is 6.92 Å². The molecule has 4 nitrogen and oxygen atoms in total. The Morgan fingerprint density at radius 1 is 1.33 bits per heavy atom. The number of thiophene rings is 1. The van der Waals surface area contributed by atoms with Gasteiger partial charge in [0.2, 0.25) is 0 Å². The van der Waals surface area contributed by atoms with Crippen LogP contribution < -0.4 is 15.8 Å². The van der Waals surface area contributed by atoms with Crippen molar-refractivity contribution in [3.63, 3.8) is 0 Å². The Bertz CT molecular complexity index is 690. The van der Waals surface area contributed by atoms with E-state index in [1.54, 1.807) is 13.2 Å². The Kier molecular flexibility index (Phi) is 7.13. The normalized spacial score (nSPS) is 10.9. The Labute approximate surface area is 149 Å². The van der Waals surface area contributed by atoms with Crippen LogP contribution >= 0.6 is 23.7 Å². The molecule has 2 aromatic rings. The van der Waals surface area contributed by atoms with Crippen molar-refractivity contribution >= 4 is 29.7 Å². The minimum atomic E-state index is -3.10. The van der Waals surface area contributed by atoms with Gasteiger partial charge in [-0.2, -0.15) is 0 Å². The van der Waals surface area contributed by atoms with E-state index in [2.05, 4.69) is 5.32 Å². The topological polar surface area (TPSA) is 64.3 Å². The van der Waals surface area contributed by atoms with Crippen LogP contribution in [0.3, 0.4) is 0 Å². The third-order valence-electron chi connectivity index (χ3n) is 3.35. The van der Waals surface area contributed by atoms with E-state index in [9.17, 15) is 13.6 Å². The molecule has 24 heavy (non-hydrogen) atoms. The fraction of sp³-hybridized carbons (Fsp3) is 0.312. The van der Waals surface area contributed by atoms with Gasteiger partial charge in [-0.25, -0.2) is 8.78 Å². The van der Waals surface area contributed by atoms with E-state index < -0.39 is 24.9 Å². The number of carbonyl (C=O) groups excluding carboxylic acids is 1. The van der Waals surface area contributed by atoms with Crippen molar-refractivity contribution in [1.29, 1.82) is 0 Å². The zero-order valence-corrected chi connectivity index (χ0v) is 14.9. The number of alkyl halides is 2. The number of nitrogens with one attached hydrogen (secondary N) is 1. The van der Waals surface area contributed by atoms with E-state index in [0.717, 1.165) is 21.8 Å². The van der Waals surface area contributed by atoms with Crippen LogP contribution in [0.5, 0.6) is 5.75 Å². The van der Waals surface area contributed by atoms with E-state index in [0.29, 0.717) is 4.88 Å². The molecule has 0 radical (unpaired) electrons. The molecule has 1 heterocycles. The molecular formula is C16H19ClF2N2O2S. The van der Waals surface area contributed by atoms with E-state index in [1.807, 2.05) is 31.2 Å². The number of aryl methyl sites for hydroxylation is 1. The van der Waals surface area contributed by atoms with Crippen LogP contribution in [0.4, 0.5) is 8.78 Å². The van der Waals surface area contributed by atoms with Crippen molar-refractivity contribution in [2.24, 2.45) is 5.73 Å². The summed E-state index contributed by atoms with van der Waals surface area (Å²) in [6.07, 6.45) is 0. The predicted octanol–water partition coefficient (Wildman–Crippen LogP) is 3.48. The van der Waals surface area contributed by atoms with Gasteiger partial charge in [0.05, 0.1) is 25.1 Å². The lowest BCUT2D eigenvalue weighted by Crippen LogP contribution is -2.41. The number of amides is 1. The Hall–Kier alpha value is -1.70. The van der Waals surface area contributed by atoms with Crippen molar-refractivity contribution in [3.05, 3.63) is 40.1 Å². The second kappa shape index (κ2) is 8.41. The second-order valence-corrected chi connectivity index (χ2v) is 6.31. The molecule has 132 valence electrons. The quantitative estimate of drug-likeness (QED) is 0.811. The van der Waals surface area contributed by atoms with Crippen LogP contribution in [-0.2, 0) is 0 Å². The average Bonchev–Trinajstić information content (AvgIpc) is 2.94. The molecule has 2 rings (SSSR count). The van der Waals surface area contributed by atoms with Crippen LogP contribution in [0.1, 0.15) is 14.5 Å². The third kappa shape index (κ3) is 4.90. The maximum absolute atomic E-state index is 13.1. The monoisotopic (exact) mass is 376 g/mol. The third-order valence-corrected chi connectivity index (χ3v) is 4.40. The van der Waals surface area contributed by atoms with Crippen LogP contribution in [0.15, 0.2) is 30.3 Å². The standard InChI is InChI=1S/C16H18F2N2O2S.ClH/c1-10-13(11-3-5-12(22-2)6-4-11)7-14(23-10)15(21)20-9-16(17,18)8-19;/h3-7H,8-9,19H2,1-2H3,(H,20,21);1H. The highest BCUT2D eigenvalue weighted by Gasteiger charge is 2.27. The molecule has 0 aliphatic heterocycles. The minimum Gasteiger partial charge on any atom is -0.497 e. The van der Waals surface area contributed by atoms with Gasteiger partial charge >= 0.3 is 0 Å². The first kappa shape index (κ1) is 20.3. The predicted molar refractivity (Wildman–Crippen MR) is 94.6 cm³/mol. The molecular weight excluding hydrogens is 358 g/mol. The summed E-state index contributed by atoms with van der Waals surface area (Å²) in [6.45, 7) is 0.320. The molecule has 3 N–H and O–H groups in total.